The molecule has 0 bridgehead atoms. The van der Waals surface area contributed by atoms with Crippen molar-refractivity contribution in [2.45, 2.75) is 18.9 Å². The molecule has 0 fully saturated rings. The molecule has 0 saturated heterocycles. The second kappa shape index (κ2) is 4.78. The zero-order chi connectivity index (χ0) is 15.3. The number of nitrogens with zero attached hydrogens (tertiary/aromatic N) is 1. The topological polar surface area (TPSA) is 55.7 Å². The number of aromatic hydroxyl groups is 2. The molecule has 112 valence electrons. The molecule has 1 unspecified atom stereocenters. The number of nitrogens with one attached hydrogen (secondary N) is 1. The molecule has 1 atom stereocenters. The van der Waals surface area contributed by atoms with Crippen LogP contribution in [0.2, 0.25) is 0 Å². The van der Waals surface area contributed by atoms with E-state index in [4.69, 9.17) is 0 Å². The number of aryl methyl sites for hydroxylation is 1. The SMILES string of the molecule is CN1NC2=C(CCc3ccc(O)cc32)C1c1ccc(O)cc1. The zero-order valence-electron chi connectivity index (χ0n) is 12.4. The van der Waals surface area contributed by atoms with Gasteiger partial charge in [-0.1, -0.05) is 18.2 Å². The van der Waals surface area contributed by atoms with Gasteiger partial charge in [0.1, 0.15) is 11.5 Å². The molecule has 4 nitrogen and oxygen atoms in total. The van der Waals surface area contributed by atoms with Crippen LogP contribution in [-0.2, 0) is 6.42 Å². The van der Waals surface area contributed by atoms with Crippen molar-refractivity contribution in [1.82, 2.24) is 10.4 Å². The minimum Gasteiger partial charge on any atom is -0.508 e. The normalized spacial score (nSPS) is 20.5. The molecule has 1 aliphatic carbocycles. The number of rotatable bonds is 1. The van der Waals surface area contributed by atoms with Crippen LogP contribution >= 0.6 is 0 Å². The van der Waals surface area contributed by atoms with Gasteiger partial charge >= 0.3 is 0 Å². The van der Waals surface area contributed by atoms with E-state index in [2.05, 4.69) is 10.4 Å². The largest absolute Gasteiger partial charge is 0.508 e. The summed E-state index contributed by atoms with van der Waals surface area (Å²) in [5.74, 6) is 0.579. The molecule has 0 saturated carbocycles. The Bertz CT molecular complexity index is 765. The Hall–Kier alpha value is -2.46. The predicted octanol–water partition coefficient (Wildman–Crippen LogP) is 2.95. The Morgan fingerprint density at radius 3 is 2.50 bits per heavy atom. The summed E-state index contributed by atoms with van der Waals surface area (Å²) in [6.07, 6.45) is 1.98. The van der Waals surface area contributed by atoms with Crippen molar-refractivity contribution in [2.75, 3.05) is 7.05 Å². The molecule has 22 heavy (non-hydrogen) atoms. The molecular weight excluding hydrogens is 276 g/mol. The Balaban J connectivity index is 1.81. The highest BCUT2D eigenvalue weighted by Crippen LogP contribution is 2.44. The van der Waals surface area contributed by atoms with Gasteiger partial charge in [-0.15, -0.1) is 0 Å². The maximum Gasteiger partial charge on any atom is 0.116 e. The quantitative estimate of drug-likeness (QED) is 0.757. The second-order valence-corrected chi connectivity index (χ2v) is 5.96. The van der Waals surface area contributed by atoms with E-state index >= 15 is 0 Å². The summed E-state index contributed by atoms with van der Waals surface area (Å²) in [6.45, 7) is 0. The van der Waals surface area contributed by atoms with Gasteiger partial charge in [-0.25, -0.2) is 5.01 Å². The summed E-state index contributed by atoms with van der Waals surface area (Å²) in [5, 5.41) is 21.4. The van der Waals surface area contributed by atoms with Crippen molar-refractivity contribution in [3.63, 3.8) is 0 Å². The van der Waals surface area contributed by atoms with Crippen LogP contribution in [0, 0.1) is 0 Å². The molecule has 3 N–H and O–H groups in total. The fourth-order valence-corrected chi connectivity index (χ4v) is 3.54. The third kappa shape index (κ3) is 1.96. The molecule has 1 heterocycles. The van der Waals surface area contributed by atoms with Gasteiger partial charge in [0.25, 0.3) is 0 Å². The van der Waals surface area contributed by atoms with Gasteiger partial charge in [-0.05, 0) is 53.8 Å². The number of benzene rings is 2. The molecule has 4 rings (SSSR count). The lowest BCUT2D eigenvalue weighted by Gasteiger charge is -2.23. The first kappa shape index (κ1) is 13.2. The summed E-state index contributed by atoms with van der Waals surface area (Å²) >= 11 is 0. The number of hydrogen-bond donors (Lipinski definition) is 3. The molecular formula is C18H18N2O2. The minimum atomic E-state index is 0.158. The highest BCUT2D eigenvalue weighted by molar-refractivity contribution is 5.75. The fourth-order valence-electron chi connectivity index (χ4n) is 3.54. The molecule has 2 aromatic carbocycles. The first-order valence-corrected chi connectivity index (χ1v) is 7.47. The molecule has 1 aliphatic heterocycles. The first-order valence-electron chi connectivity index (χ1n) is 7.47. The summed E-state index contributed by atoms with van der Waals surface area (Å²) in [7, 11) is 2.03. The van der Waals surface area contributed by atoms with E-state index in [0.29, 0.717) is 5.75 Å². The Kier molecular flexibility index (Phi) is 2.87. The number of likely N-dealkylation sites (N-methyl/N-ethyl adjacent to an activating group) is 1. The van der Waals surface area contributed by atoms with Gasteiger partial charge in [-0.2, -0.15) is 0 Å². The summed E-state index contributed by atoms with van der Waals surface area (Å²) in [5.41, 5.74) is 9.40. The van der Waals surface area contributed by atoms with Crippen molar-refractivity contribution < 1.29 is 10.2 Å². The van der Waals surface area contributed by atoms with Crippen LogP contribution in [0.25, 0.3) is 5.70 Å². The van der Waals surface area contributed by atoms with E-state index in [1.165, 1.54) is 11.1 Å². The number of fused-ring (bicyclic) bond motifs is 2. The molecule has 0 amide bonds. The van der Waals surface area contributed by atoms with Gasteiger partial charge in [0.15, 0.2) is 0 Å². The molecule has 0 spiro atoms. The highest BCUT2D eigenvalue weighted by Gasteiger charge is 2.34. The Labute approximate surface area is 129 Å². The van der Waals surface area contributed by atoms with E-state index in [1.807, 2.05) is 31.3 Å². The highest BCUT2D eigenvalue weighted by atomic mass is 16.3. The van der Waals surface area contributed by atoms with Gasteiger partial charge in [-0.3, -0.25) is 0 Å². The maximum atomic E-state index is 9.80. The van der Waals surface area contributed by atoms with Crippen LogP contribution in [0.1, 0.15) is 29.2 Å². The van der Waals surface area contributed by atoms with Crippen LogP contribution in [0.3, 0.4) is 0 Å². The average molecular weight is 294 g/mol. The lowest BCUT2D eigenvalue weighted by Crippen LogP contribution is -2.29. The first-order chi connectivity index (χ1) is 10.6. The summed E-state index contributed by atoms with van der Waals surface area (Å²) in [4.78, 5) is 0. The van der Waals surface area contributed by atoms with Crippen LogP contribution in [-0.4, -0.2) is 22.3 Å². The number of phenols is 2. The minimum absolute atomic E-state index is 0.158. The maximum absolute atomic E-state index is 9.80. The predicted molar refractivity (Wildman–Crippen MR) is 85.1 cm³/mol. The van der Waals surface area contributed by atoms with Crippen LogP contribution in [0.4, 0.5) is 0 Å². The van der Waals surface area contributed by atoms with Crippen molar-refractivity contribution >= 4 is 5.70 Å². The molecule has 0 aromatic heterocycles. The summed E-state index contributed by atoms with van der Waals surface area (Å²) < 4.78 is 0. The third-order valence-electron chi connectivity index (χ3n) is 4.56. The summed E-state index contributed by atoms with van der Waals surface area (Å²) in [6, 6.07) is 13.1. The van der Waals surface area contributed by atoms with Crippen molar-refractivity contribution in [3.05, 3.63) is 64.7 Å². The van der Waals surface area contributed by atoms with Gasteiger partial charge in [0, 0.05) is 12.6 Å². The zero-order valence-corrected chi connectivity index (χ0v) is 12.4. The molecule has 2 aromatic rings. The van der Waals surface area contributed by atoms with Crippen LogP contribution < -0.4 is 5.43 Å². The standard InChI is InChI=1S/C18H18N2O2/c1-20-18(12-3-6-13(21)7-4-12)15-9-5-11-2-8-14(22)10-16(11)17(15)19-20/h2-4,6-8,10,18-19,21-22H,5,9H2,1H3. The van der Waals surface area contributed by atoms with E-state index in [1.54, 1.807) is 18.2 Å². The fraction of sp³-hybridized carbons (Fsp3) is 0.222. The lowest BCUT2D eigenvalue weighted by molar-refractivity contribution is 0.252. The smallest absolute Gasteiger partial charge is 0.116 e. The third-order valence-corrected chi connectivity index (χ3v) is 4.56. The van der Waals surface area contributed by atoms with Crippen molar-refractivity contribution in [3.8, 4) is 11.5 Å². The van der Waals surface area contributed by atoms with Gasteiger partial charge < -0.3 is 15.6 Å². The van der Waals surface area contributed by atoms with Gasteiger partial charge in [0.2, 0.25) is 0 Å². The van der Waals surface area contributed by atoms with E-state index in [9.17, 15) is 10.2 Å². The van der Waals surface area contributed by atoms with E-state index < -0.39 is 0 Å². The molecule has 2 aliphatic rings. The monoisotopic (exact) mass is 294 g/mol. The van der Waals surface area contributed by atoms with Crippen LogP contribution in [0.15, 0.2) is 48.0 Å². The number of hydrazine groups is 1. The Morgan fingerprint density at radius 1 is 1.00 bits per heavy atom. The number of phenolic OH excluding ortho intramolecular Hbond substituents is 2. The molecule has 0 radical (unpaired) electrons. The van der Waals surface area contributed by atoms with Crippen molar-refractivity contribution in [2.24, 2.45) is 0 Å². The molecule has 4 heteroatoms. The average Bonchev–Trinajstić information content (AvgIpc) is 2.85. The van der Waals surface area contributed by atoms with Crippen molar-refractivity contribution in [1.29, 1.82) is 0 Å². The Morgan fingerprint density at radius 2 is 1.73 bits per heavy atom. The number of hydrogen-bond acceptors (Lipinski definition) is 4. The van der Waals surface area contributed by atoms with Gasteiger partial charge in [0.05, 0.1) is 11.7 Å². The van der Waals surface area contributed by atoms with E-state index in [0.717, 1.165) is 29.7 Å². The van der Waals surface area contributed by atoms with E-state index in [-0.39, 0.29) is 11.8 Å². The second-order valence-electron chi connectivity index (χ2n) is 5.96. The lowest BCUT2D eigenvalue weighted by atomic mass is 9.85. The van der Waals surface area contributed by atoms with Crippen LogP contribution in [0.5, 0.6) is 11.5 Å².